The Morgan fingerprint density at radius 1 is 0.309 bits per heavy atom. The standard InChI is InChI=1S/C52H33NS2/c1-2-13-35-30-38(27-26-34(35)12-1)36-14-9-16-40(31-36)53(41-17-10-15-37(32-41)39-28-29-51-47(33-39)44-20-5-7-24-49(44)54-51)48-23-6-3-18-42(48)45-21-11-22-46-43-19-4-8-25-50(43)55-52(45)46/h1-33H. The molecule has 0 radical (unpaired) electrons. The number of hydrogen-bond donors (Lipinski definition) is 0. The van der Waals surface area contributed by atoms with E-state index >= 15 is 0 Å². The third-order valence-corrected chi connectivity index (χ3v) is 13.2. The lowest BCUT2D eigenvalue weighted by Crippen LogP contribution is -2.11. The van der Waals surface area contributed by atoms with Crippen molar-refractivity contribution in [1.82, 2.24) is 0 Å². The molecular formula is C52H33NS2. The molecule has 11 rings (SSSR count). The molecule has 0 saturated carbocycles. The summed E-state index contributed by atoms with van der Waals surface area (Å²) < 4.78 is 5.26. The van der Waals surface area contributed by atoms with Crippen LogP contribution < -0.4 is 4.90 Å². The summed E-state index contributed by atoms with van der Waals surface area (Å²) in [5.74, 6) is 0. The first-order valence-corrected chi connectivity index (χ1v) is 20.3. The lowest BCUT2D eigenvalue weighted by Gasteiger charge is -2.29. The highest BCUT2D eigenvalue weighted by atomic mass is 32.1. The summed E-state index contributed by atoms with van der Waals surface area (Å²) in [5, 5.41) is 7.73. The van der Waals surface area contributed by atoms with Gasteiger partial charge < -0.3 is 4.90 Å². The van der Waals surface area contributed by atoms with Gasteiger partial charge in [0.25, 0.3) is 0 Å². The summed E-state index contributed by atoms with van der Waals surface area (Å²) in [7, 11) is 0. The number of para-hydroxylation sites is 1. The Bertz CT molecular complexity index is 3240. The van der Waals surface area contributed by atoms with Crippen LogP contribution in [0.3, 0.4) is 0 Å². The number of fused-ring (bicyclic) bond motifs is 7. The molecule has 3 heteroatoms. The lowest BCUT2D eigenvalue weighted by atomic mass is 9.97. The molecule has 0 saturated heterocycles. The third kappa shape index (κ3) is 5.51. The van der Waals surface area contributed by atoms with Crippen molar-refractivity contribution in [1.29, 1.82) is 0 Å². The van der Waals surface area contributed by atoms with Gasteiger partial charge in [-0.05, 0) is 93.7 Å². The molecule has 0 atom stereocenters. The summed E-state index contributed by atoms with van der Waals surface area (Å²) >= 11 is 3.74. The largest absolute Gasteiger partial charge is 0.310 e. The van der Waals surface area contributed by atoms with Crippen LogP contribution in [0.1, 0.15) is 0 Å². The number of nitrogens with zero attached hydrogens (tertiary/aromatic N) is 1. The number of hydrogen-bond acceptors (Lipinski definition) is 3. The zero-order valence-electron chi connectivity index (χ0n) is 29.8. The van der Waals surface area contributed by atoms with Crippen LogP contribution >= 0.6 is 22.7 Å². The van der Waals surface area contributed by atoms with Crippen LogP contribution in [0.4, 0.5) is 17.1 Å². The smallest absolute Gasteiger partial charge is 0.0540 e. The van der Waals surface area contributed by atoms with Crippen molar-refractivity contribution in [3.05, 3.63) is 200 Å². The highest BCUT2D eigenvalue weighted by Gasteiger charge is 2.21. The molecule has 2 heterocycles. The van der Waals surface area contributed by atoms with E-state index < -0.39 is 0 Å². The molecule has 0 fully saturated rings. The van der Waals surface area contributed by atoms with E-state index in [0.29, 0.717) is 0 Å². The van der Waals surface area contributed by atoms with Gasteiger partial charge in [-0.25, -0.2) is 0 Å². The summed E-state index contributed by atoms with van der Waals surface area (Å²) in [5.41, 5.74) is 10.6. The topological polar surface area (TPSA) is 3.24 Å². The second-order valence-electron chi connectivity index (χ2n) is 14.1. The normalized spacial score (nSPS) is 11.6. The molecule has 0 spiro atoms. The molecule has 0 aliphatic carbocycles. The van der Waals surface area contributed by atoms with E-state index in [-0.39, 0.29) is 0 Å². The molecule has 0 bridgehead atoms. The Kier molecular flexibility index (Phi) is 7.61. The minimum absolute atomic E-state index is 1.11. The number of benzene rings is 9. The molecular weight excluding hydrogens is 703 g/mol. The van der Waals surface area contributed by atoms with E-state index in [4.69, 9.17) is 0 Å². The highest BCUT2D eigenvalue weighted by molar-refractivity contribution is 7.26. The van der Waals surface area contributed by atoms with E-state index in [2.05, 4.69) is 205 Å². The Labute approximate surface area is 327 Å². The van der Waals surface area contributed by atoms with Gasteiger partial charge in [-0.1, -0.05) is 140 Å². The fraction of sp³-hybridized carbons (Fsp3) is 0. The maximum atomic E-state index is 2.45. The average Bonchev–Trinajstić information content (AvgIpc) is 3.82. The SMILES string of the molecule is c1cc(-c2ccc3ccccc3c2)cc(N(c2cccc(-c3ccc4sc5ccccc5c4c3)c2)c2ccccc2-c2cccc3c2sc2ccccc23)c1. The van der Waals surface area contributed by atoms with Crippen LogP contribution in [0.15, 0.2) is 200 Å². The summed E-state index contributed by atoms with van der Waals surface area (Å²) in [6.45, 7) is 0. The molecule has 0 unspecified atom stereocenters. The molecule has 55 heavy (non-hydrogen) atoms. The van der Waals surface area contributed by atoms with Gasteiger partial charge in [0.2, 0.25) is 0 Å². The molecule has 1 nitrogen and oxygen atoms in total. The maximum absolute atomic E-state index is 2.45. The van der Waals surface area contributed by atoms with Gasteiger partial charge >= 0.3 is 0 Å². The van der Waals surface area contributed by atoms with Crippen LogP contribution in [-0.4, -0.2) is 0 Å². The fourth-order valence-electron chi connectivity index (χ4n) is 8.21. The minimum Gasteiger partial charge on any atom is -0.310 e. The van der Waals surface area contributed by atoms with Crippen molar-refractivity contribution in [2.24, 2.45) is 0 Å². The van der Waals surface area contributed by atoms with Crippen LogP contribution in [-0.2, 0) is 0 Å². The highest BCUT2D eigenvalue weighted by Crippen LogP contribution is 2.47. The predicted molar refractivity (Wildman–Crippen MR) is 241 cm³/mol. The second kappa shape index (κ2) is 13.1. The van der Waals surface area contributed by atoms with Crippen molar-refractivity contribution >= 4 is 90.9 Å². The fourth-order valence-corrected chi connectivity index (χ4v) is 10.5. The van der Waals surface area contributed by atoms with E-state index in [1.54, 1.807) is 0 Å². The van der Waals surface area contributed by atoms with Gasteiger partial charge in [0.1, 0.15) is 0 Å². The van der Waals surface area contributed by atoms with Gasteiger partial charge in [0.15, 0.2) is 0 Å². The molecule has 0 N–H and O–H groups in total. The Morgan fingerprint density at radius 2 is 0.855 bits per heavy atom. The average molecular weight is 736 g/mol. The minimum atomic E-state index is 1.11. The van der Waals surface area contributed by atoms with Gasteiger partial charge in [0.05, 0.1) is 5.69 Å². The zero-order valence-corrected chi connectivity index (χ0v) is 31.4. The molecule has 258 valence electrons. The molecule has 11 aromatic rings. The van der Waals surface area contributed by atoms with Crippen LogP contribution in [0.25, 0.3) is 84.5 Å². The Hall–Kier alpha value is -6.52. The first kappa shape index (κ1) is 32.0. The Morgan fingerprint density at radius 3 is 1.65 bits per heavy atom. The van der Waals surface area contributed by atoms with E-state index in [0.717, 1.165) is 17.1 Å². The molecule has 0 aliphatic rings. The summed E-state index contributed by atoms with van der Waals surface area (Å²) in [6, 6.07) is 73.5. The van der Waals surface area contributed by atoms with Gasteiger partial charge in [-0.15, -0.1) is 22.7 Å². The maximum Gasteiger partial charge on any atom is 0.0540 e. The first-order chi connectivity index (χ1) is 27.2. The lowest BCUT2D eigenvalue weighted by molar-refractivity contribution is 1.28. The molecule has 2 aromatic heterocycles. The van der Waals surface area contributed by atoms with Gasteiger partial charge in [0, 0.05) is 62.8 Å². The van der Waals surface area contributed by atoms with Crippen molar-refractivity contribution in [2.75, 3.05) is 4.90 Å². The van der Waals surface area contributed by atoms with Crippen molar-refractivity contribution < 1.29 is 0 Å². The summed E-state index contributed by atoms with van der Waals surface area (Å²) in [6.07, 6.45) is 0. The van der Waals surface area contributed by atoms with E-state index in [1.165, 1.54) is 84.5 Å². The van der Waals surface area contributed by atoms with E-state index in [1.807, 2.05) is 22.7 Å². The second-order valence-corrected chi connectivity index (χ2v) is 16.2. The molecule has 0 amide bonds. The monoisotopic (exact) mass is 735 g/mol. The summed E-state index contributed by atoms with van der Waals surface area (Å²) in [4.78, 5) is 2.45. The van der Waals surface area contributed by atoms with Crippen LogP contribution in [0.5, 0.6) is 0 Å². The number of rotatable bonds is 6. The Balaban J connectivity index is 1.11. The number of thiophene rings is 2. The van der Waals surface area contributed by atoms with Crippen LogP contribution in [0, 0.1) is 0 Å². The first-order valence-electron chi connectivity index (χ1n) is 18.7. The van der Waals surface area contributed by atoms with Gasteiger partial charge in [-0.2, -0.15) is 0 Å². The third-order valence-electron chi connectivity index (χ3n) is 10.8. The van der Waals surface area contributed by atoms with E-state index in [9.17, 15) is 0 Å². The zero-order chi connectivity index (χ0) is 36.3. The van der Waals surface area contributed by atoms with Crippen LogP contribution in [0.2, 0.25) is 0 Å². The van der Waals surface area contributed by atoms with Crippen molar-refractivity contribution in [3.63, 3.8) is 0 Å². The predicted octanol–water partition coefficient (Wildman–Crippen LogP) is 16.0. The van der Waals surface area contributed by atoms with Crippen molar-refractivity contribution in [2.45, 2.75) is 0 Å². The molecule has 9 aromatic carbocycles. The quantitative estimate of drug-likeness (QED) is 0.164. The molecule has 0 aliphatic heterocycles. The van der Waals surface area contributed by atoms with Gasteiger partial charge in [-0.3, -0.25) is 0 Å². The number of anilines is 3. The van der Waals surface area contributed by atoms with Crippen molar-refractivity contribution in [3.8, 4) is 33.4 Å².